The molecule has 2 saturated heterocycles. The van der Waals surface area contributed by atoms with E-state index < -0.39 is 0 Å². The first-order chi connectivity index (χ1) is 31.9. The lowest BCUT2D eigenvalue weighted by Crippen LogP contribution is -2.38. The number of anilines is 2. The van der Waals surface area contributed by atoms with E-state index in [0.717, 1.165) is 42.5 Å². The van der Waals surface area contributed by atoms with Gasteiger partial charge in [-0.3, -0.25) is 24.2 Å². The molecule has 0 radical (unpaired) electrons. The smallest absolute Gasteiger partial charge is 0.257 e. The van der Waals surface area contributed by atoms with Crippen LogP contribution in [0.15, 0.2) is 122 Å². The van der Waals surface area contributed by atoms with E-state index in [0.29, 0.717) is 82.8 Å². The average Bonchev–Trinajstić information content (AvgIpc) is 3.35. The number of piperidine rings is 2. The molecule has 332 valence electrons. The van der Waals surface area contributed by atoms with Crippen molar-refractivity contribution in [3.63, 3.8) is 0 Å². The summed E-state index contributed by atoms with van der Waals surface area (Å²) in [7, 11) is 0. The molecule has 2 aromatic heterocycles. The molecule has 0 atom stereocenters. The van der Waals surface area contributed by atoms with E-state index in [1.54, 1.807) is 42.6 Å². The molecule has 2 fully saturated rings. The van der Waals surface area contributed by atoms with Crippen molar-refractivity contribution in [2.24, 2.45) is 0 Å². The highest BCUT2D eigenvalue weighted by molar-refractivity contribution is 6.29. The minimum atomic E-state index is -0.310. The Balaban J connectivity index is 0.000000196. The van der Waals surface area contributed by atoms with Crippen molar-refractivity contribution in [1.82, 2.24) is 19.8 Å². The van der Waals surface area contributed by atoms with Gasteiger partial charge < -0.3 is 20.4 Å². The van der Waals surface area contributed by atoms with Crippen LogP contribution in [0.25, 0.3) is 0 Å². The lowest BCUT2D eigenvalue weighted by Gasteiger charge is -2.32. The van der Waals surface area contributed by atoms with E-state index in [-0.39, 0.29) is 28.8 Å². The SMILES string of the molecule is Cc1ccc(C(=O)N2CCC(c3ccc(C#N)cc3)CC2)cc1NC(=O)c1ccnc(Cl)c1.Cc1ccc(C(=O)Nc2cc(C(=O)N3CCC(c4ccc(C#N)cc4)CC3)ccc2C)cn1. The van der Waals surface area contributed by atoms with Crippen molar-refractivity contribution in [2.45, 2.75) is 58.3 Å². The standard InChI is InChI=1S/C27H26N4O2.C26H23ClN4O2/c1-18-3-7-23(15-25(18)30-26(32)24-8-4-19(2)29-17-24)27(33)31-13-11-22(12-14-31)21-9-5-20(16-28)6-10-21;1-17-2-5-22(14-23(17)30-25(32)21-8-11-29-24(27)15-21)26(33)31-12-9-20(10-13-31)19-6-3-18(16-28)4-7-19/h3-10,15,17,22H,11-14H2,1-2H3,(H,30,32);2-8,11,14-15,20H,9-10,12-13H2,1H3,(H,30,32). The number of nitrogens with zero attached hydrogens (tertiary/aromatic N) is 6. The molecular weight excluding hydrogens is 848 g/mol. The van der Waals surface area contributed by atoms with Crippen LogP contribution in [-0.4, -0.2) is 69.6 Å². The molecule has 4 heterocycles. The van der Waals surface area contributed by atoms with Crippen LogP contribution in [-0.2, 0) is 0 Å². The summed E-state index contributed by atoms with van der Waals surface area (Å²) in [4.78, 5) is 63.3. The summed E-state index contributed by atoms with van der Waals surface area (Å²) in [6.45, 7) is 8.33. The summed E-state index contributed by atoms with van der Waals surface area (Å²) in [5, 5.41) is 24.0. The van der Waals surface area contributed by atoms with Crippen molar-refractivity contribution in [2.75, 3.05) is 36.8 Å². The van der Waals surface area contributed by atoms with Crippen molar-refractivity contribution in [3.05, 3.63) is 188 Å². The highest BCUT2D eigenvalue weighted by Gasteiger charge is 2.27. The fraction of sp³-hybridized carbons (Fsp3) is 0.245. The molecule has 6 aromatic rings. The van der Waals surface area contributed by atoms with Crippen LogP contribution >= 0.6 is 11.6 Å². The number of hydrogen-bond acceptors (Lipinski definition) is 8. The fourth-order valence-electron chi connectivity index (χ4n) is 8.17. The normalized spacial score (nSPS) is 13.9. The molecule has 2 N–H and O–H groups in total. The molecule has 0 unspecified atom stereocenters. The molecule has 4 amide bonds. The Hall–Kier alpha value is -7.67. The molecule has 66 heavy (non-hydrogen) atoms. The zero-order chi connectivity index (χ0) is 46.7. The molecule has 0 aliphatic carbocycles. The number of pyridine rings is 2. The second kappa shape index (κ2) is 21.3. The van der Waals surface area contributed by atoms with Crippen molar-refractivity contribution >= 4 is 46.6 Å². The van der Waals surface area contributed by atoms with E-state index in [1.165, 1.54) is 23.4 Å². The minimum Gasteiger partial charge on any atom is -0.339 e. The van der Waals surface area contributed by atoms with Gasteiger partial charge in [-0.15, -0.1) is 0 Å². The second-order valence-corrected chi connectivity index (χ2v) is 17.0. The van der Waals surface area contributed by atoms with Gasteiger partial charge in [0.2, 0.25) is 0 Å². The Labute approximate surface area is 389 Å². The third kappa shape index (κ3) is 11.5. The number of rotatable bonds is 8. The number of benzene rings is 4. The first kappa shape index (κ1) is 46.3. The fourth-order valence-corrected chi connectivity index (χ4v) is 8.34. The number of aromatic nitrogens is 2. The topological polar surface area (TPSA) is 172 Å². The van der Waals surface area contributed by atoms with Gasteiger partial charge in [0.25, 0.3) is 23.6 Å². The second-order valence-electron chi connectivity index (χ2n) is 16.6. The Morgan fingerprint density at radius 3 is 1.41 bits per heavy atom. The van der Waals surface area contributed by atoms with E-state index >= 15 is 0 Å². The first-order valence-electron chi connectivity index (χ1n) is 21.9. The molecule has 4 aromatic carbocycles. The van der Waals surface area contributed by atoms with Gasteiger partial charge in [0.1, 0.15) is 5.15 Å². The van der Waals surface area contributed by atoms with Gasteiger partial charge in [0, 0.05) is 72.3 Å². The molecule has 8 rings (SSSR count). The predicted molar refractivity (Wildman–Crippen MR) is 255 cm³/mol. The summed E-state index contributed by atoms with van der Waals surface area (Å²) in [6, 6.07) is 37.1. The first-order valence-corrected chi connectivity index (χ1v) is 22.2. The molecule has 2 aliphatic heterocycles. The number of aryl methyl sites for hydroxylation is 3. The quantitative estimate of drug-likeness (QED) is 0.142. The Morgan fingerprint density at radius 1 is 0.561 bits per heavy atom. The monoisotopic (exact) mass is 896 g/mol. The number of hydrogen-bond donors (Lipinski definition) is 2. The van der Waals surface area contributed by atoms with Crippen LogP contribution in [0.4, 0.5) is 11.4 Å². The Morgan fingerprint density at radius 2 is 1.00 bits per heavy atom. The molecule has 0 spiro atoms. The van der Waals surface area contributed by atoms with Gasteiger partial charge in [0.05, 0.1) is 28.8 Å². The third-order valence-corrected chi connectivity index (χ3v) is 12.4. The predicted octanol–water partition coefficient (Wildman–Crippen LogP) is 10.0. The van der Waals surface area contributed by atoms with E-state index in [9.17, 15) is 19.2 Å². The summed E-state index contributed by atoms with van der Waals surface area (Å²) in [6.07, 6.45) is 6.53. The summed E-state index contributed by atoms with van der Waals surface area (Å²) >= 11 is 5.88. The summed E-state index contributed by atoms with van der Waals surface area (Å²) < 4.78 is 0. The number of nitrogens with one attached hydrogen (secondary N) is 2. The van der Waals surface area contributed by atoms with E-state index in [2.05, 4.69) is 32.7 Å². The van der Waals surface area contributed by atoms with Gasteiger partial charge in [-0.05, 0) is 153 Å². The van der Waals surface area contributed by atoms with Crippen LogP contribution < -0.4 is 10.6 Å². The van der Waals surface area contributed by atoms with E-state index in [4.69, 9.17) is 22.1 Å². The minimum absolute atomic E-state index is 0.0271. The van der Waals surface area contributed by atoms with E-state index in [1.807, 2.05) is 97.3 Å². The van der Waals surface area contributed by atoms with Gasteiger partial charge in [-0.2, -0.15) is 10.5 Å². The molecule has 12 nitrogen and oxygen atoms in total. The Kier molecular flexibility index (Phi) is 15.0. The number of halogens is 1. The van der Waals surface area contributed by atoms with Crippen molar-refractivity contribution in [1.29, 1.82) is 10.5 Å². The number of carbonyl (C=O) groups is 4. The van der Waals surface area contributed by atoms with Crippen molar-refractivity contribution in [3.8, 4) is 12.1 Å². The zero-order valence-corrected chi connectivity index (χ0v) is 37.8. The van der Waals surface area contributed by atoms with Gasteiger partial charge >= 0.3 is 0 Å². The largest absolute Gasteiger partial charge is 0.339 e. The van der Waals surface area contributed by atoms with Crippen LogP contribution in [0.3, 0.4) is 0 Å². The highest BCUT2D eigenvalue weighted by atomic mass is 35.5. The lowest BCUT2D eigenvalue weighted by atomic mass is 9.89. The Bertz CT molecular complexity index is 2820. The van der Waals surface area contributed by atoms with Crippen molar-refractivity contribution < 1.29 is 19.2 Å². The molecule has 13 heteroatoms. The van der Waals surface area contributed by atoms with Gasteiger partial charge in [-0.1, -0.05) is 48.0 Å². The molecule has 0 saturated carbocycles. The van der Waals surface area contributed by atoms with Crippen LogP contribution in [0, 0.1) is 43.4 Å². The lowest BCUT2D eigenvalue weighted by molar-refractivity contribution is 0.0705. The number of amides is 4. The summed E-state index contributed by atoms with van der Waals surface area (Å²) in [5.41, 5.74) is 9.52. The molecular formula is C53H49ClN8O4. The average molecular weight is 897 g/mol. The van der Waals surface area contributed by atoms with Gasteiger partial charge in [-0.25, -0.2) is 4.98 Å². The highest BCUT2D eigenvalue weighted by Crippen LogP contribution is 2.31. The number of likely N-dealkylation sites (tertiary alicyclic amines) is 2. The number of carbonyl (C=O) groups excluding carboxylic acids is 4. The van der Waals surface area contributed by atoms with Gasteiger partial charge in [0.15, 0.2) is 0 Å². The third-order valence-electron chi connectivity index (χ3n) is 12.2. The zero-order valence-electron chi connectivity index (χ0n) is 37.1. The van der Waals surface area contributed by atoms with Crippen LogP contribution in [0.1, 0.15) is 118 Å². The molecule has 2 aliphatic rings. The number of nitriles is 2. The maximum atomic E-state index is 13.2. The molecule has 0 bridgehead atoms. The maximum Gasteiger partial charge on any atom is 0.257 e. The van der Waals surface area contributed by atoms with Crippen LogP contribution in [0.2, 0.25) is 5.15 Å². The maximum absolute atomic E-state index is 13.2. The van der Waals surface area contributed by atoms with Crippen LogP contribution in [0.5, 0.6) is 0 Å². The summed E-state index contributed by atoms with van der Waals surface area (Å²) in [5.74, 6) is 0.129.